The lowest BCUT2D eigenvalue weighted by Gasteiger charge is -2.22. The van der Waals surface area contributed by atoms with Crippen molar-refractivity contribution >= 4 is 33.4 Å². The number of amides is 1. The number of rotatable bonds is 3. The molecule has 1 aromatic rings. The first-order valence-corrected chi connectivity index (χ1v) is 6.22. The molecule has 1 amide bonds. The molecular formula is C11H10BrClF3NO. The van der Waals surface area contributed by atoms with E-state index in [1.807, 2.05) is 0 Å². The van der Waals surface area contributed by atoms with Crippen molar-refractivity contribution in [3.05, 3.63) is 33.3 Å². The predicted molar refractivity (Wildman–Crippen MR) is 66.8 cm³/mol. The highest BCUT2D eigenvalue weighted by Crippen LogP contribution is 2.24. The van der Waals surface area contributed by atoms with Gasteiger partial charge >= 0.3 is 6.18 Å². The SMILES string of the molecule is CCN(CC(F)(F)F)C(=O)c1ccc(Br)c(Cl)c1. The van der Waals surface area contributed by atoms with Gasteiger partial charge in [0.05, 0.1) is 5.02 Å². The van der Waals surface area contributed by atoms with E-state index in [-0.39, 0.29) is 17.1 Å². The maximum absolute atomic E-state index is 12.3. The molecule has 0 heterocycles. The van der Waals surface area contributed by atoms with E-state index in [1.165, 1.54) is 25.1 Å². The Morgan fingerprint density at radius 1 is 1.44 bits per heavy atom. The summed E-state index contributed by atoms with van der Waals surface area (Å²) in [5, 5.41) is 0.281. The van der Waals surface area contributed by atoms with Crippen LogP contribution >= 0.6 is 27.5 Å². The average molecular weight is 345 g/mol. The van der Waals surface area contributed by atoms with Crippen LogP contribution in [0.3, 0.4) is 0 Å². The van der Waals surface area contributed by atoms with Crippen LogP contribution in [0, 0.1) is 0 Å². The Morgan fingerprint density at radius 2 is 2.06 bits per heavy atom. The van der Waals surface area contributed by atoms with Gasteiger partial charge < -0.3 is 4.90 Å². The van der Waals surface area contributed by atoms with E-state index in [9.17, 15) is 18.0 Å². The molecule has 0 saturated carbocycles. The highest BCUT2D eigenvalue weighted by atomic mass is 79.9. The highest BCUT2D eigenvalue weighted by Gasteiger charge is 2.32. The number of nitrogens with zero attached hydrogens (tertiary/aromatic N) is 1. The summed E-state index contributed by atoms with van der Waals surface area (Å²) in [6.45, 7) is 0.201. The molecule has 18 heavy (non-hydrogen) atoms. The Bertz CT molecular complexity index is 450. The van der Waals surface area contributed by atoms with Gasteiger partial charge in [-0.1, -0.05) is 11.6 Å². The van der Waals surface area contributed by atoms with Crippen molar-refractivity contribution in [1.82, 2.24) is 4.90 Å². The van der Waals surface area contributed by atoms with Gasteiger partial charge in [0.25, 0.3) is 5.91 Å². The van der Waals surface area contributed by atoms with Crippen LogP contribution < -0.4 is 0 Å². The Balaban J connectivity index is 2.93. The lowest BCUT2D eigenvalue weighted by molar-refractivity contribution is -0.140. The molecule has 0 radical (unpaired) electrons. The first-order valence-electron chi connectivity index (χ1n) is 5.05. The molecule has 7 heteroatoms. The minimum Gasteiger partial charge on any atom is -0.330 e. The molecule has 0 N–H and O–H groups in total. The third-order valence-corrected chi connectivity index (χ3v) is 3.44. The van der Waals surface area contributed by atoms with Gasteiger partial charge in [-0.15, -0.1) is 0 Å². The van der Waals surface area contributed by atoms with Crippen LogP contribution in [0.4, 0.5) is 13.2 Å². The second kappa shape index (κ2) is 5.93. The van der Waals surface area contributed by atoms with Crippen molar-refractivity contribution in [2.45, 2.75) is 13.1 Å². The van der Waals surface area contributed by atoms with Gasteiger partial charge in [-0.2, -0.15) is 13.2 Å². The molecule has 0 fully saturated rings. The monoisotopic (exact) mass is 343 g/mol. The second-order valence-electron chi connectivity index (χ2n) is 3.56. The molecule has 0 atom stereocenters. The second-order valence-corrected chi connectivity index (χ2v) is 4.82. The van der Waals surface area contributed by atoms with Crippen molar-refractivity contribution in [3.63, 3.8) is 0 Å². The number of halogens is 5. The molecular weight excluding hydrogens is 334 g/mol. The van der Waals surface area contributed by atoms with E-state index in [1.54, 1.807) is 0 Å². The third-order valence-electron chi connectivity index (χ3n) is 2.21. The Morgan fingerprint density at radius 3 is 2.50 bits per heavy atom. The fourth-order valence-electron chi connectivity index (χ4n) is 1.36. The number of carbonyl (C=O) groups excluding carboxylic acids is 1. The quantitative estimate of drug-likeness (QED) is 0.807. The lowest BCUT2D eigenvalue weighted by atomic mass is 10.2. The van der Waals surface area contributed by atoms with Crippen LogP contribution in [0.5, 0.6) is 0 Å². The lowest BCUT2D eigenvalue weighted by Crippen LogP contribution is -2.38. The summed E-state index contributed by atoms with van der Waals surface area (Å²) < 4.78 is 37.4. The van der Waals surface area contributed by atoms with Crippen LogP contribution in [0.1, 0.15) is 17.3 Å². The molecule has 0 aliphatic heterocycles. The van der Waals surface area contributed by atoms with E-state index in [4.69, 9.17) is 11.6 Å². The van der Waals surface area contributed by atoms with Gasteiger partial charge in [0.1, 0.15) is 6.54 Å². The zero-order chi connectivity index (χ0) is 13.9. The maximum Gasteiger partial charge on any atom is 0.406 e. The normalized spacial score (nSPS) is 11.4. The van der Waals surface area contributed by atoms with Crippen molar-refractivity contribution in [3.8, 4) is 0 Å². The van der Waals surface area contributed by atoms with Crippen LogP contribution in [0.25, 0.3) is 0 Å². The summed E-state index contributed by atoms with van der Waals surface area (Å²) in [7, 11) is 0. The Labute approximate surface area is 116 Å². The van der Waals surface area contributed by atoms with Crippen LogP contribution in [0.2, 0.25) is 5.02 Å². The smallest absolute Gasteiger partial charge is 0.330 e. The van der Waals surface area contributed by atoms with Gasteiger partial charge in [0, 0.05) is 16.6 Å². The van der Waals surface area contributed by atoms with Gasteiger partial charge in [-0.3, -0.25) is 4.79 Å². The summed E-state index contributed by atoms with van der Waals surface area (Å²) >= 11 is 8.94. The van der Waals surface area contributed by atoms with Crippen molar-refractivity contribution in [1.29, 1.82) is 0 Å². The largest absolute Gasteiger partial charge is 0.406 e. The molecule has 0 spiro atoms. The summed E-state index contributed by atoms with van der Waals surface area (Å²) in [6, 6.07) is 4.29. The van der Waals surface area contributed by atoms with E-state index in [0.29, 0.717) is 4.47 Å². The average Bonchev–Trinajstić information content (AvgIpc) is 2.27. The predicted octanol–water partition coefficient (Wildman–Crippen LogP) is 4.13. The number of hydrogen-bond donors (Lipinski definition) is 0. The van der Waals surface area contributed by atoms with Crippen molar-refractivity contribution in [2.24, 2.45) is 0 Å². The minimum absolute atomic E-state index is 0.0218. The standard InChI is InChI=1S/C11H10BrClF3NO/c1-2-17(6-11(14,15)16)10(18)7-3-4-8(12)9(13)5-7/h3-5H,2,6H2,1H3. The molecule has 1 rings (SSSR count). The summed E-state index contributed by atoms with van der Waals surface area (Å²) in [6.07, 6.45) is -4.41. The molecule has 0 aromatic heterocycles. The number of benzene rings is 1. The van der Waals surface area contributed by atoms with Gasteiger partial charge in [-0.05, 0) is 41.1 Å². The first kappa shape index (κ1) is 15.3. The number of alkyl halides is 3. The molecule has 0 saturated heterocycles. The minimum atomic E-state index is -4.41. The zero-order valence-electron chi connectivity index (χ0n) is 9.39. The highest BCUT2D eigenvalue weighted by molar-refractivity contribution is 9.10. The molecule has 0 bridgehead atoms. The molecule has 100 valence electrons. The van der Waals surface area contributed by atoms with Crippen molar-refractivity contribution in [2.75, 3.05) is 13.1 Å². The van der Waals surface area contributed by atoms with E-state index in [0.717, 1.165) is 4.90 Å². The van der Waals surface area contributed by atoms with Crippen LogP contribution in [0.15, 0.2) is 22.7 Å². The van der Waals surface area contributed by atoms with Gasteiger partial charge in [-0.25, -0.2) is 0 Å². The van der Waals surface area contributed by atoms with Crippen LogP contribution in [-0.2, 0) is 0 Å². The number of carbonyl (C=O) groups is 1. The fraction of sp³-hybridized carbons (Fsp3) is 0.364. The van der Waals surface area contributed by atoms with E-state index >= 15 is 0 Å². The molecule has 0 aliphatic rings. The molecule has 0 unspecified atom stereocenters. The first-order chi connectivity index (χ1) is 8.24. The molecule has 1 aromatic carbocycles. The molecule has 2 nitrogen and oxygen atoms in total. The van der Waals surface area contributed by atoms with E-state index in [2.05, 4.69) is 15.9 Å². The third kappa shape index (κ3) is 4.17. The van der Waals surface area contributed by atoms with Crippen molar-refractivity contribution < 1.29 is 18.0 Å². The Hall–Kier alpha value is -0.750. The summed E-state index contributed by atoms with van der Waals surface area (Å²) in [5.41, 5.74) is 0.134. The Kier molecular flexibility index (Phi) is 5.04. The maximum atomic E-state index is 12.3. The number of hydrogen-bond acceptors (Lipinski definition) is 1. The summed E-state index contributed by atoms with van der Waals surface area (Å²) in [5.74, 6) is -0.691. The zero-order valence-corrected chi connectivity index (χ0v) is 11.7. The van der Waals surface area contributed by atoms with Gasteiger partial charge in [0.2, 0.25) is 0 Å². The van der Waals surface area contributed by atoms with E-state index < -0.39 is 18.6 Å². The van der Waals surface area contributed by atoms with Crippen LogP contribution in [-0.4, -0.2) is 30.1 Å². The summed E-state index contributed by atoms with van der Waals surface area (Å²) in [4.78, 5) is 12.6. The topological polar surface area (TPSA) is 20.3 Å². The fourth-order valence-corrected chi connectivity index (χ4v) is 1.78. The van der Waals surface area contributed by atoms with Gasteiger partial charge in [0.15, 0.2) is 0 Å². The molecule has 0 aliphatic carbocycles.